The van der Waals surface area contributed by atoms with Gasteiger partial charge < -0.3 is 15.1 Å². The predicted molar refractivity (Wildman–Crippen MR) is 131 cm³/mol. The van der Waals surface area contributed by atoms with Crippen LogP contribution in [0.5, 0.6) is 0 Å². The van der Waals surface area contributed by atoms with Crippen LogP contribution in [-0.4, -0.2) is 39.1 Å². The number of halogens is 2. The number of likely N-dealkylation sites (tertiary alicyclic amines) is 1. The molecule has 2 unspecified atom stereocenters. The summed E-state index contributed by atoms with van der Waals surface area (Å²) in [6.45, 7) is 7.31. The number of nitrogens with zero attached hydrogens (tertiary/aromatic N) is 1. The first-order valence-corrected chi connectivity index (χ1v) is 11.9. The van der Waals surface area contributed by atoms with Gasteiger partial charge >= 0.3 is 5.97 Å². The Balaban J connectivity index is 2.28. The lowest BCUT2D eigenvalue weighted by atomic mass is 9.66. The summed E-state index contributed by atoms with van der Waals surface area (Å²) in [6.07, 6.45) is -0.763. The minimum absolute atomic E-state index is 0.0593. The fourth-order valence-corrected chi connectivity index (χ4v) is 5.64. The molecule has 1 aliphatic heterocycles. The maximum absolute atomic E-state index is 14.0. The molecule has 1 saturated heterocycles. The Morgan fingerprint density at radius 1 is 1.09 bits per heavy atom. The second-order valence-electron chi connectivity index (χ2n) is 9.68. The minimum atomic E-state index is -1.14. The third-order valence-corrected chi connectivity index (χ3v) is 7.12. The number of benzene rings is 2. The van der Waals surface area contributed by atoms with E-state index in [0.29, 0.717) is 16.5 Å². The average molecular weight is 492 g/mol. The van der Waals surface area contributed by atoms with E-state index in [-0.39, 0.29) is 24.2 Å². The van der Waals surface area contributed by atoms with Gasteiger partial charge in [-0.25, -0.2) is 0 Å². The van der Waals surface area contributed by atoms with Crippen molar-refractivity contribution in [3.05, 3.63) is 69.7 Å². The van der Waals surface area contributed by atoms with Crippen molar-refractivity contribution in [1.82, 2.24) is 4.90 Å². The van der Waals surface area contributed by atoms with Crippen LogP contribution in [0.15, 0.2) is 48.5 Å². The average Bonchev–Trinajstić information content (AvgIpc) is 2.71. The van der Waals surface area contributed by atoms with E-state index in [4.69, 9.17) is 23.2 Å². The molecular formula is C26H31Cl2NO4. The summed E-state index contributed by atoms with van der Waals surface area (Å²) in [7, 11) is 0. The number of carbonyl (C=O) groups excluding carboxylic acids is 1. The number of aliphatic carboxylic acids is 1. The van der Waals surface area contributed by atoms with E-state index in [1.807, 2.05) is 44.2 Å². The zero-order valence-electron chi connectivity index (χ0n) is 19.3. The molecule has 0 bridgehead atoms. The van der Waals surface area contributed by atoms with E-state index in [1.54, 1.807) is 36.9 Å². The van der Waals surface area contributed by atoms with E-state index in [1.165, 1.54) is 0 Å². The van der Waals surface area contributed by atoms with Crippen molar-refractivity contribution in [2.45, 2.75) is 64.6 Å². The van der Waals surface area contributed by atoms with Gasteiger partial charge in [0.15, 0.2) is 0 Å². The quantitative estimate of drug-likeness (QED) is 0.502. The molecule has 0 spiro atoms. The Kier molecular flexibility index (Phi) is 7.77. The fraction of sp³-hybridized carbons (Fsp3) is 0.462. The third kappa shape index (κ3) is 5.37. The van der Waals surface area contributed by atoms with Gasteiger partial charge in [-0.3, -0.25) is 9.59 Å². The van der Waals surface area contributed by atoms with E-state index in [2.05, 4.69) is 0 Å². The minimum Gasteiger partial charge on any atom is -0.481 e. The summed E-state index contributed by atoms with van der Waals surface area (Å²) in [5.41, 5.74) is 0.662. The number of piperidine rings is 1. The number of aliphatic hydroxyl groups is 1. The second-order valence-corrected chi connectivity index (χ2v) is 10.6. The van der Waals surface area contributed by atoms with Crippen LogP contribution in [0.4, 0.5) is 0 Å². The zero-order chi connectivity index (χ0) is 24.5. The number of aliphatic hydroxyl groups excluding tert-OH is 1. The van der Waals surface area contributed by atoms with E-state index >= 15 is 0 Å². The molecule has 0 radical (unpaired) electrons. The molecule has 5 atom stereocenters. The highest BCUT2D eigenvalue weighted by Crippen LogP contribution is 2.52. The molecule has 1 aliphatic rings. The van der Waals surface area contributed by atoms with Gasteiger partial charge in [0, 0.05) is 16.0 Å². The molecule has 3 rings (SSSR count). The van der Waals surface area contributed by atoms with Crippen LogP contribution in [0.25, 0.3) is 0 Å². The lowest BCUT2D eigenvalue weighted by Gasteiger charge is -2.53. The summed E-state index contributed by atoms with van der Waals surface area (Å²) >= 11 is 12.5. The van der Waals surface area contributed by atoms with Crippen LogP contribution in [0, 0.1) is 11.3 Å². The molecule has 1 amide bonds. The number of amides is 1. The summed E-state index contributed by atoms with van der Waals surface area (Å²) in [4.78, 5) is 27.6. The first-order valence-electron chi connectivity index (χ1n) is 11.2. The van der Waals surface area contributed by atoms with Gasteiger partial charge in [0.2, 0.25) is 5.91 Å². The van der Waals surface area contributed by atoms with Gasteiger partial charge in [-0.2, -0.15) is 0 Å². The van der Waals surface area contributed by atoms with Gasteiger partial charge in [0.1, 0.15) is 0 Å². The normalized spacial score (nSPS) is 25.2. The van der Waals surface area contributed by atoms with Crippen LogP contribution >= 0.6 is 23.2 Å². The lowest BCUT2D eigenvalue weighted by Crippen LogP contribution is -2.59. The van der Waals surface area contributed by atoms with E-state index in [0.717, 1.165) is 11.1 Å². The Morgan fingerprint density at radius 2 is 1.73 bits per heavy atom. The summed E-state index contributed by atoms with van der Waals surface area (Å²) in [6, 6.07) is 13.9. The molecule has 1 heterocycles. The predicted octanol–water partition coefficient (Wildman–Crippen LogP) is 5.94. The molecular weight excluding hydrogens is 461 g/mol. The highest BCUT2D eigenvalue weighted by Gasteiger charge is 2.53. The smallest absolute Gasteiger partial charge is 0.304 e. The van der Waals surface area contributed by atoms with Crippen molar-refractivity contribution in [3.63, 3.8) is 0 Å². The first-order chi connectivity index (χ1) is 15.4. The Morgan fingerprint density at radius 3 is 2.24 bits per heavy atom. The maximum Gasteiger partial charge on any atom is 0.304 e. The third-order valence-electron chi connectivity index (χ3n) is 6.63. The molecule has 2 N–H and O–H groups in total. The van der Waals surface area contributed by atoms with Gasteiger partial charge in [-0.1, -0.05) is 68.2 Å². The number of rotatable bonds is 7. The lowest BCUT2D eigenvalue weighted by molar-refractivity contribution is -0.165. The van der Waals surface area contributed by atoms with Crippen LogP contribution in [-0.2, 0) is 9.59 Å². The molecule has 178 valence electrons. The molecule has 7 heteroatoms. The van der Waals surface area contributed by atoms with Gasteiger partial charge in [0.05, 0.1) is 30.0 Å². The standard InChI is InChI=1S/C26H31Cl2NO4/c1-15(2)23(16(3)30)29-24(17-8-10-19(27)11-9-17)21(18-6-5-7-20(28)12-18)13-26(4,25(29)33)14-22(31)32/h5-12,15-16,21,23-24,30H,13-14H2,1-4H3,(H,31,32)/t16?,21-,23?,24-,26-/m1/s1. The second kappa shape index (κ2) is 10.0. The number of carboxylic acid groups (broad SMARTS) is 1. The first kappa shape index (κ1) is 25.5. The largest absolute Gasteiger partial charge is 0.481 e. The molecule has 0 saturated carbocycles. The monoisotopic (exact) mass is 491 g/mol. The van der Waals surface area contributed by atoms with Crippen molar-refractivity contribution in [2.24, 2.45) is 11.3 Å². The Hall–Kier alpha value is -2.08. The maximum atomic E-state index is 14.0. The molecule has 0 aliphatic carbocycles. The topological polar surface area (TPSA) is 77.8 Å². The molecule has 1 fully saturated rings. The van der Waals surface area contributed by atoms with Crippen molar-refractivity contribution in [3.8, 4) is 0 Å². The number of hydrogen-bond donors (Lipinski definition) is 2. The summed E-state index contributed by atoms with van der Waals surface area (Å²) in [5.74, 6) is -1.58. The Bertz CT molecular complexity index is 1000. The van der Waals surface area contributed by atoms with Gasteiger partial charge in [0.25, 0.3) is 0 Å². The van der Waals surface area contributed by atoms with Crippen molar-refractivity contribution < 1.29 is 19.8 Å². The van der Waals surface area contributed by atoms with Crippen LogP contribution in [0.1, 0.15) is 63.6 Å². The SMILES string of the molecule is CC(C)C(C(C)O)N1C(=O)[C@@](C)(CC(=O)O)C[C@H](c2cccc(Cl)c2)[C@H]1c1ccc(Cl)cc1. The number of carbonyl (C=O) groups is 2. The van der Waals surface area contributed by atoms with Crippen molar-refractivity contribution in [2.75, 3.05) is 0 Å². The van der Waals surface area contributed by atoms with E-state index < -0.39 is 29.6 Å². The molecule has 2 aromatic rings. The van der Waals surface area contributed by atoms with Gasteiger partial charge in [-0.05, 0) is 54.7 Å². The molecule has 0 aromatic heterocycles. The van der Waals surface area contributed by atoms with Crippen LogP contribution < -0.4 is 0 Å². The molecule has 33 heavy (non-hydrogen) atoms. The molecule has 2 aromatic carbocycles. The highest BCUT2D eigenvalue weighted by molar-refractivity contribution is 6.30. The van der Waals surface area contributed by atoms with Crippen LogP contribution in [0.3, 0.4) is 0 Å². The van der Waals surface area contributed by atoms with Crippen LogP contribution in [0.2, 0.25) is 10.0 Å². The molecule has 5 nitrogen and oxygen atoms in total. The highest BCUT2D eigenvalue weighted by atomic mass is 35.5. The van der Waals surface area contributed by atoms with Crippen molar-refractivity contribution >= 4 is 35.1 Å². The van der Waals surface area contributed by atoms with E-state index in [9.17, 15) is 19.8 Å². The summed E-state index contributed by atoms with van der Waals surface area (Å²) < 4.78 is 0. The number of carboxylic acids is 1. The van der Waals surface area contributed by atoms with Gasteiger partial charge in [-0.15, -0.1) is 0 Å². The fourth-order valence-electron chi connectivity index (χ4n) is 5.32. The number of hydrogen-bond acceptors (Lipinski definition) is 3. The summed E-state index contributed by atoms with van der Waals surface area (Å²) in [5, 5.41) is 21.6. The zero-order valence-corrected chi connectivity index (χ0v) is 20.8. The Labute approximate surface area is 205 Å². The van der Waals surface area contributed by atoms with Crippen molar-refractivity contribution in [1.29, 1.82) is 0 Å².